The maximum atomic E-state index is 11.9. The molecular formula is C14H18O. The van der Waals surface area contributed by atoms with Crippen LogP contribution in [0.3, 0.4) is 0 Å². The minimum Gasteiger partial charge on any atom is -0.299 e. The van der Waals surface area contributed by atoms with E-state index >= 15 is 0 Å². The van der Waals surface area contributed by atoms with Crippen molar-refractivity contribution in [3.8, 4) is 0 Å². The Balaban J connectivity index is 2.01. The van der Waals surface area contributed by atoms with Crippen LogP contribution in [0.2, 0.25) is 0 Å². The van der Waals surface area contributed by atoms with Gasteiger partial charge in [-0.05, 0) is 30.4 Å². The van der Waals surface area contributed by atoms with E-state index in [1.807, 2.05) is 0 Å². The zero-order valence-electron chi connectivity index (χ0n) is 9.55. The summed E-state index contributed by atoms with van der Waals surface area (Å²) < 4.78 is 0. The maximum absolute atomic E-state index is 11.9. The summed E-state index contributed by atoms with van der Waals surface area (Å²) in [7, 11) is 0. The SMILES string of the molecule is CCc1ccc(CC(=O)C2(C)CC2)cc1. The number of ketones is 1. The Morgan fingerprint density at radius 1 is 1.20 bits per heavy atom. The van der Waals surface area contributed by atoms with Gasteiger partial charge < -0.3 is 0 Å². The number of carbonyl (C=O) groups excluding carboxylic acids is 1. The molecule has 1 fully saturated rings. The normalized spacial score (nSPS) is 17.5. The number of hydrogen-bond acceptors (Lipinski definition) is 1. The van der Waals surface area contributed by atoms with Crippen LogP contribution in [0.5, 0.6) is 0 Å². The van der Waals surface area contributed by atoms with Crippen molar-refractivity contribution < 1.29 is 4.79 Å². The van der Waals surface area contributed by atoms with Crippen LogP contribution < -0.4 is 0 Å². The van der Waals surface area contributed by atoms with Gasteiger partial charge in [0.05, 0.1) is 0 Å². The molecule has 0 unspecified atom stereocenters. The predicted octanol–water partition coefficient (Wildman–Crippen LogP) is 3.16. The van der Waals surface area contributed by atoms with Crippen LogP contribution in [0.1, 0.15) is 37.8 Å². The Bertz CT molecular complexity index is 357. The molecule has 0 N–H and O–H groups in total. The van der Waals surface area contributed by atoms with Crippen molar-refractivity contribution >= 4 is 5.78 Å². The van der Waals surface area contributed by atoms with E-state index in [1.165, 1.54) is 5.56 Å². The molecule has 0 aliphatic heterocycles. The molecule has 0 spiro atoms. The van der Waals surface area contributed by atoms with Crippen LogP contribution in [0.15, 0.2) is 24.3 Å². The third-order valence-electron chi connectivity index (χ3n) is 3.47. The van der Waals surface area contributed by atoms with Gasteiger partial charge >= 0.3 is 0 Å². The molecule has 1 aromatic rings. The molecule has 0 radical (unpaired) electrons. The van der Waals surface area contributed by atoms with Gasteiger partial charge in [0, 0.05) is 11.8 Å². The van der Waals surface area contributed by atoms with Gasteiger partial charge in [-0.1, -0.05) is 38.1 Å². The molecule has 1 nitrogen and oxygen atoms in total. The first-order valence-corrected chi connectivity index (χ1v) is 5.75. The van der Waals surface area contributed by atoms with Gasteiger partial charge in [-0.15, -0.1) is 0 Å². The molecule has 1 aromatic carbocycles. The average molecular weight is 202 g/mol. The third kappa shape index (κ3) is 2.28. The lowest BCUT2D eigenvalue weighted by Gasteiger charge is -2.07. The van der Waals surface area contributed by atoms with Crippen LogP contribution in [0, 0.1) is 5.41 Å². The molecule has 1 heteroatoms. The molecule has 1 aliphatic rings. The number of rotatable bonds is 4. The van der Waals surface area contributed by atoms with Gasteiger partial charge in [-0.2, -0.15) is 0 Å². The summed E-state index contributed by atoms with van der Waals surface area (Å²) in [5.41, 5.74) is 2.51. The van der Waals surface area contributed by atoms with Gasteiger partial charge in [-0.3, -0.25) is 4.79 Å². The fourth-order valence-corrected chi connectivity index (χ4v) is 1.76. The molecule has 1 saturated carbocycles. The van der Waals surface area contributed by atoms with Crippen LogP contribution in [0.25, 0.3) is 0 Å². The largest absolute Gasteiger partial charge is 0.299 e. The Kier molecular flexibility index (Phi) is 2.64. The highest BCUT2D eigenvalue weighted by atomic mass is 16.1. The number of Topliss-reactive ketones (excluding diaryl/α,β-unsaturated/α-hetero) is 1. The van der Waals surface area contributed by atoms with E-state index in [4.69, 9.17) is 0 Å². The van der Waals surface area contributed by atoms with Crippen LogP contribution in [-0.4, -0.2) is 5.78 Å². The van der Waals surface area contributed by atoms with Gasteiger partial charge in [0.2, 0.25) is 0 Å². The fraction of sp³-hybridized carbons (Fsp3) is 0.500. The summed E-state index contributed by atoms with van der Waals surface area (Å²) in [4.78, 5) is 11.9. The summed E-state index contributed by atoms with van der Waals surface area (Å²) in [6.45, 7) is 4.22. The first-order chi connectivity index (χ1) is 7.14. The summed E-state index contributed by atoms with van der Waals surface area (Å²) in [6.07, 6.45) is 3.84. The molecule has 0 saturated heterocycles. The number of benzene rings is 1. The van der Waals surface area contributed by atoms with Gasteiger partial charge in [0.1, 0.15) is 5.78 Å². The highest BCUT2D eigenvalue weighted by Gasteiger charge is 2.43. The number of hydrogen-bond donors (Lipinski definition) is 0. The van der Waals surface area contributed by atoms with E-state index < -0.39 is 0 Å². The molecule has 2 rings (SSSR count). The van der Waals surface area contributed by atoms with Crippen molar-refractivity contribution in [2.45, 2.75) is 39.5 Å². The molecule has 0 atom stereocenters. The van der Waals surface area contributed by atoms with Gasteiger partial charge in [-0.25, -0.2) is 0 Å². The lowest BCUT2D eigenvalue weighted by molar-refractivity contribution is -0.122. The Morgan fingerprint density at radius 2 is 1.73 bits per heavy atom. The van der Waals surface area contributed by atoms with Crippen LogP contribution in [-0.2, 0) is 17.6 Å². The lowest BCUT2D eigenvalue weighted by Crippen LogP contribution is -2.14. The van der Waals surface area contributed by atoms with E-state index in [9.17, 15) is 4.79 Å². The smallest absolute Gasteiger partial charge is 0.143 e. The second kappa shape index (κ2) is 3.80. The van der Waals surface area contributed by atoms with Gasteiger partial charge in [0.25, 0.3) is 0 Å². The molecular weight excluding hydrogens is 184 g/mol. The molecule has 0 bridgehead atoms. The minimum absolute atomic E-state index is 0.0173. The average Bonchev–Trinajstić information content (AvgIpc) is 2.99. The Morgan fingerprint density at radius 3 is 2.20 bits per heavy atom. The zero-order chi connectivity index (χ0) is 10.9. The molecule has 0 heterocycles. The van der Waals surface area contributed by atoms with E-state index in [0.29, 0.717) is 12.2 Å². The summed E-state index contributed by atoms with van der Waals surface area (Å²) in [5.74, 6) is 0.409. The van der Waals surface area contributed by atoms with Crippen molar-refractivity contribution in [1.29, 1.82) is 0 Å². The highest BCUT2D eigenvalue weighted by molar-refractivity contribution is 5.88. The van der Waals surface area contributed by atoms with Crippen molar-refractivity contribution in [1.82, 2.24) is 0 Å². The number of carbonyl (C=O) groups is 1. The van der Waals surface area contributed by atoms with E-state index in [0.717, 1.165) is 24.8 Å². The van der Waals surface area contributed by atoms with Gasteiger partial charge in [0.15, 0.2) is 0 Å². The molecule has 0 amide bonds. The van der Waals surface area contributed by atoms with Crippen molar-refractivity contribution in [3.05, 3.63) is 35.4 Å². The van der Waals surface area contributed by atoms with Crippen molar-refractivity contribution in [3.63, 3.8) is 0 Å². The quantitative estimate of drug-likeness (QED) is 0.733. The molecule has 1 aliphatic carbocycles. The minimum atomic E-state index is 0.0173. The summed E-state index contributed by atoms with van der Waals surface area (Å²) in [6, 6.07) is 8.42. The third-order valence-corrected chi connectivity index (χ3v) is 3.47. The lowest BCUT2D eigenvalue weighted by atomic mass is 9.96. The first kappa shape index (κ1) is 10.4. The van der Waals surface area contributed by atoms with E-state index in [1.54, 1.807) is 0 Å². The Hall–Kier alpha value is -1.11. The summed E-state index contributed by atoms with van der Waals surface area (Å²) in [5, 5.41) is 0. The second-order valence-corrected chi connectivity index (χ2v) is 4.83. The molecule has 0 aromatic heterocycles. The zero-order valence-corrected chi connectivity index (χ0v) is 9.55. The monoisotopic (exact) mass is 202 g/mol. The van der Waals surface area contributed by atoms with Crippen LogP contribution >= 0.6 is 0 Å². The summed E-state index contributed by atoms with van der Waals surface area (Å²) >= 11 is 0. The van der Waals surface area contributed by atoms with E-state index in [2.05, 4.69) is 38.1 Å². The fourth-order valence-electron chi connectivity index (χ4n) is 1.76. The second-order valence-electron chi connectivity index (χ2n) is 4.83. The predicted molar refractivity (Wildman–Crippen MR) is 61.9 cm³/mol. The maximum Gasteiger partial charge on any atom is 0.143 e. The number of aryl methyl sites for hydroxylation is 1. The van der Waals surface area contributed by atoms with Crippen molar-refractivity contribution in [2.24, 2.45) is 5.41 Å². The molecule has 80 valence electrons. The Labute approximate surface area is 91.5 Å². The molecule has 15 heavy (non-hydrogen) atoms. The highest BCUT2D eigenvalue weighted by Crippen LogP contribution is 2.46. The van der Waals surface area contributed by atoms with E-state index in [-0.39, 0.29) is 5.41 Å². The standard InChI is InChI=1S/C14H18O/c1-3-11-4-6-12(7-5-11)10-13(15)14(2)8-9-14/h4-7H,3,8-10H2,1-2H3. The topological polar surface area (TPSA) is 17.1 Å². The first-order valence-electron chi connectivity index (χ1n) is 5.75. The van der Waals surface area contributed by atoms with Crippen molar-refractivity contribution in [2.75, 3.05) is 0 Å². The van der Waals surface area contributed by atoms with Crippen LogP contribution in [0.4, 0.5) is 0 Å².